The van der Waals surface area contributed by atoms with Gasteiger partial charge in [-0.05, 0) is 53.6 Å². The van der Waals surface area contributed by atoms with Crippen molar-refractivity contribution in [3.8, 4) is 0 Å². The third kappa shape index (κ3) is 2.15. The summed E-state index contributed by atoms with van der Waals surface area (Å²) in [6, 6.07) is 25.7. The van der Waals surface area contributed by atoms with E-state index < -0.39 is 0 Å². The number of hydrogen-bond donors (Lipinski definition) is 0. The molecule has 0 bridgehead atoms. The van der Waals surface area contributed by atoms with Crippen LogP contribution in [0.2, 0.25) is 0 Å². The number of aromatic nitrogens is 1. The van der Waals surface area contributed by atoms with Crippen molar-refractivity contribution >= 4 is 49.9 Å². The Hall–Kier alpha value is -3.63. The van der Waals surface area contributed by atoms with E-state index in [1.165, 1.54) is 10.5 Å². The highest BCUT2D eigenvalue weighted by atomic mass is 32.2. The summed E-state index contributed by atoms with van der Waals surface area (Å²) in [7, 11) is 0. The summed E-state index contributed by atoms with van der Waals surface area (Å²) >= 11 is 1.73. The minimum atomic E-state index is -0.0256. The Bertz CT molecular complexity index is 1830. The van der Waals surface area contributed by atoms with Gasteiger partial charge in [-0.1, -0.05) is 48.2 Å². The molecular formula is C27H15NO2S. The molecule has 0 radical (unpaired) electrons. The standard InChI is InChI=1S/C27H15NO2S/c29-26-16-7-2-3-10-20(16)28-21-12-13-23-19(14-15-6-1-4-11-22(15)31-23)24(21)27(30)18-9-5-8-17(26)25(18)28/h1-13H,14H2. The Labute approximate surface area is 180 Å². The maximum atomic E-state index is 13.8. The van der Waals surface area contributed by atoms with E-state index in [0.717, 1.165) is 33.3 Å². The average Bonchev–Trinajstić information content (AvgIpc) is 2.82. The largest absolute Gasteiger partial charge is 0.307 e. The van der Waals surface area contributed by atoms with Crippen LogP contribution in [-0.4, -0.2) is 4.40 Å². The molecule has 4 heteroatoms. The second-order valence-corrected chi connectivity index (χ2v) is 9.12. The SMILES string of the molecule is O=c1c2ccccc2n2c3ccc4c(c3c(=O)c3cccc1c32)Cc1ccccc1S4. The predicted molar refractivity (Wildman–Crippen MR) is 127 cm³/mol. The Kier molecular flexibility index (Phi) is 3.29. The summed E-state index contributed by atoms with van der Waals surface area (Å²) in [5, 5.41) is 2.62. The topological polar surface area (TPSA) is 38.5 Å². The fourth-order valence-electron chi connectivity index (χ4n) is 5.05. The number of nitrogens with zero attached hydrogens (tertiary/aromatic N) is 1. The molecule has 146 valence electrons. The lowest BCUT2D eigenvalue weighted by atomic mass is 9.96. The molecule has 0 saturated heterocycles. The maximum absolute atomic E-state index is 13.8. The zero-order valence-corrected chi connectivity index (χ0v) is 17.2. The molecule has 0 amide bonds. The molecule has 0 saturated carbocycles. The van der Waals surface area contributed by atoms with Crippen LogP contribution in [0.4, 0.5) is 0 Å². The highest BCUT2D eigenvalue weighted by molar-refractivity contribution is 7.99. The molecule has 0 aliphatic carbocycles. The van der Waals surface area contributed by atoms with E-state index in [4.69, 9.17) is 0 Å². The molecule has 31 heavy (non-hydrogen) atoms. The predicted octanol–water partition coefficient (Wildman–Crippen LogP) is 5.61. The van der Waals surface area contributed by atoms with Crippen LogP contribution in [0.5, 0.6) is 0 Å². The number of rotatable bonds is 0. The first kappa shape index (κ1) is 17.1. The maximum Gasteiger partial charge on any atom is 0.197 e. The molecule has 0 unspecified atom stereocenters. The van der Waals surface area contributed by atoms with E-state index in [1.54, 1.807) is 11.8 Å². The van der Waals surface area contributed by atoms with Gasteiger partial charge in [0, 0.05) is 32.4 Å². The summed E-state index contributed by atoms with van der Waals surface area (Å²) in [6.07, 6.45) is 0.733. The van der Waals surface area contributed by atoms with Gasteiger partial charge in [0.15, 0.2) is 10.9 Å². The van der Waals surface area contributed by atoms with E-state index >= 15 is 0 Å². The van der Waals surface area contributed by atoms with Gasteiger partial charge in [0.25, 0.3) is 0 Å². The Morgan fingerprint density at radius 2 is 1.39 bits per heavy atom. The van der Waals surface area contributed by atoms with Crippen LogP contribution < -0.4 is 10.9 Å². The number of hydrogen-bond acceptors (Lipinski definition) is 3. The van der Waals surface area contributed by atoms with Crippen LogP contribution in [0.3, 0.4) is 0 Å². The van der Waals surface area contributed by atoms with Crippen LogP contribution in [0.15, 0.2) is 98.2 Å². The summed E-state index contributed by atoms with van der Waals surface area (Å²) in [4.78, 5) is 29.4. The number of pyridine rings is 2. The van der Waals surface area contributed by atoms with E-state index in [1.807, 2.05) is 48.5 Å². The molecule has 0 fully saturated rings. The van der Waals surface area contributed by atoms with Crippen molar-refractivity contribution in [1.29, 1.82) is 0 Å². The zero-order valence-electron chi connectivity index (χ0n) is 16.4. The van der Waals surface area contributed by atoms with E-state index in [0.29, 0.717) is 21.7 Å². The third-order valence-corrected chi connectivity index (χ3v) is 7.63. The average molecular weight is 417 g/mol. The van der Waals surface area contributed by atoms with E-state index in [2.05, 4.69) is 34.7 Å². The first-order valence-corrected chi connectivity index (χ1v) is 11.1. The fraction of sp³-hybridized carbons (Fsp3) is 0.0370. The molecule has 1 aliphatic rings. The quantitative estimate of drug-likeness (QED) is 0.238. The van der Waals surface area contributed by atoms with Crippen LogP contribution in [0, 0.1) is 0 Å². The fourth-order valence-corrected chi connectivity index (χ4v) is 6.14. The van der Waals surface area contributed by atoms with Gasteiger partial charge in [0.1, 0.15) is 0 Å². The first-order chi connectivity index (χ1) is 15.2. The van der Waals surface area contributed by atoms with Crippen molar-refractivity contribution in [2.24, 2.45) is 0 Å². The lowest BCUT2D eigenvalue weighted by molar-refractivity contribution is 1.07. The second kappa shape index (κ2) is 5.96. The molecule has 0 spiro atoms. The molecule has 3 heterocycles. The molecule has 0 N–H and O–H groups in total. The van der Waals surface area contributed by atoms with Crippen molar-refractivity contribution in [3.05, 3.63) is 110 Å². The minimum absolute atomic E-state index is 0.00659. The van der Waals surface area contributed by atoms with E-state index in [9.17, 15) is 9.59 Å². The van der Waals surface area contributed by atoms with Gasteiger partial charge in [0.05, 0.1) is 21.9 Å². The summed E-state index contributed by atoms with van der Waals surface area (Å²) < 4.78 is 2.11. The number of para-hydroxylation sites is 2. The smallest absolute Gasteiger partial charge is 0.197 e. The van der Waals surface area contributed by atoms with Crippen LogP contribution >= 0.6 is 11.8 Å². The molecule has 0 atom stereocenters. The molecule has 3 nitrogen and oxygen atoms in total. The third-order valence-electron chi connectivity index (χ3n) is 6.41. The lowest BCUT2D eigenvalue weighted by Crippen LogP contribution is -2.16. The molecule has 7 rings (SSSR count). The zero-order chi connectivity index (χ0) is 20.7. The molecular weight excluding hydrogens is 402 g/mol. The summed E-state index contributed by atoms with van der Waals surface area (Å²) in [6.45, 7) is 0. The van der Waals surface area contributed by atoms with Gasteiger partial charge in [0.2, 0.25) is 0 Å². The van der Waals surface area contributed by atoms with Crippen molar-refractivity contribution in [1.82, 2.24) is 4.40 Å². The van der Waals surface area contributed by atoms with Gasteiger partial charge in [-0.2, -0.15) is 0 Å². The highest BCUT2D eigenvalue weighted by Crippen LogP contribution is 2.42. The van der Waals surface area contributed by atoms with Gasteiger partial charge in [-0.3, -0.25) is 9.59 Å². The van der Waals surface area contributed by atoms with Crippen molar-refractivity contribution in [3.63, 3.8) is 0 Å². The van der Waals surface area contributed by atoms with Crippen LogP contribution in [0.25, 0.3) is 38.1 Å². The normalized spacial score (nSPS) is 13.2. The summed E-state index contributed by atoms with van der Waals surface area (Å²) in [5.74, 6) is 0. The molecule has 4 aromatic carbocycles. The van der Waals surface area contributed by atoms with Crippen molar-refractivity contribution in [2.45, 2.75) is 16.2 Å². The van der Waals surface area contributed by atoms with Gasteiger partial charge in [-0.15, -0.1) is 0 Å². The molecule has 1 aliphatic heterocycles. The van der Waals surface area contributed by atoms with Gasteiger partial charge >= 0.3 is 0 Å². The highest BCUT2D eigenvalue weighted by Gasteiger charge is 2.23. The van der Waals surface area contributed by atoms with E-state index in [-0.39, 0.29) is 10.9 Å². The second-order valence-electron chi connectivity index (χ2n) is 8.04. The van der Waals surface area contributed by atoms with Gasteiger partial charge in [-0.25, -0.2) is 0 Å². The van der Waals surface area contributed by atoms with Crippen molar-refractivity contribution < 1.29 is 0 Å². The van der Waals surface area contributed by atoms with Crippen LogP contribution in [0.1, 0.15) is 11.1 Å². The van der Waals surface area contributed by atoms with Gasteiger partial charge < -0.3 is 4.40 Å². The number of fused-ring (bicyclic) bond motifs is 7. The lowest BCUT2D eigenvalue weighted by Gasteiger charge is -2.22. The van der Waals surface area contributed by atoms with Crippen LogP contribution in [-0.2, 0) is 6.42 Å². The molecule has 6 aromatic rings. The monoisotopic (exact) mass is 417 g/mol. The molecule has 2 aromatic heterocycles. The van der Waals surface area contributed by atoms with Crippen molar-refractivity contribution in [2.75, 3.05) is 0 Å². The first-order valence-electron chi connectivity index (χ1n) is 10.3. The Balaban J connectivity index is 1.76. The Morgan fingerprint density at radius 3 is 2.29 bits per heavy atom. The summed E-state index contributed by atoms with van der Waals surface area (Å²) in [5.41, 5.74) is 4.72. The number of benzene rings is 4. The Morgan fingerprint density at radius 1 is 0.645 bits per heavy atom. The minimum Gasteiger partial charge on any atom is -0.307 e.